The lowest BCUT2D eigenvalue weighted by atomic mass is 10.6. The smallest absolute Gasteiger partial charge is 0.305 e. The maximum Gasteiger partial charge on any atom is 0.305 e. The van der Waals surface area contributed by atoms with Gasteiger partial charge in [-0.05, 0) is 0 Å². The first kappa shape index (κ1) is 5.24. The van der Waals surface area contributed by atoms with Crippen molar-refractivity contribution in [2.75, 3.05) is 0 Å². The molecule has 0 fully saturated rings. The summed E-state index contributed by atoms with van der Waals surface area (Å²) in [6, 6.07) is 0. The molecule has 4 heteroatoms. The molecule has 1 N–H and O–H groups in total. The Labute approximate surface area is 49.0 Å². The second-order valence-corrected chi connectivity index (χ2v) is 2.06. The van der Waals surface area contributed by atoms with Crippen molar-refractivity contribution in [3.05, 3.63) is 20.7 Å². The number of H-pyrrole nitrogens is 1. The van der Waals surface area contributed by atoms with E-state index in [1.54, 1.807) is 0 Å². The minimum absolute atomic E-state index is 0.188. The van der Waals surface area contributed by atoms with Gasteiger partial charge in [0.1, 0.15) is 0 Å². The molecule has 0 amide bonds. The molecule has 42 valence electrons. The molecule has 0 saturated carbocycles. The standard InChI is InChI=1S/C4H3NO2S/c6-1-3-2-8-4(7)5-3/h1-2H,(H,5,7). The van der Waals surface area contributed by atoms with E-state index in [0.29, 0.717) is 12.0 Å². The largest absolute Gasteiger partial charge is 0.310 e. The van der Waals surface area contributed by atoms with Gasteiger partial charge in [-0.15, -0.1) is 0 Å². The van der Waals surface area contributed by atoms with Crippen LogP contribution in [0.5, 0.6) is 0 Å². The molecular weight excluding hydrogens is 126 g/mol. The van der Waals surface area contributed by atoms with Crippen molar-refractivity contribution in [1.29, 1.82) is 0 Å². The Kier molecular flexibility index (Phi) is 1.26. The molecule has 1 aromatic heterocycles. The van der Waals surface area contributed by atoms with E-state index >= 15 is 0 Å². The highest BCUT2D eigenvalue weighted by atomic mass is 32.1. The monoisotopic (exact) mass is 129 g/mol. The van der Waals surface area contributed by atoms with E-state index in [1.807, 2.05) is 0 Å². The summed E-state index contributed by atoms with van der Waals surface area (Å²) in [7, 11) is 0. The van der Waals surface area contributed by atoms with Crippen LogP contribution in [0.2, 0.25) is 0 Å². The predicted molar refractivity (Wildman–Crippen MR) is 30.3 cm³/mol. The van der Waals surface area contributed by atoms with Gasteiger partial charge in [0.2, 0.25) is 0 Å². The molecule has 0 bridgehead atoms. The molecular formula is C4H3NO2S. The Balaban J connectivity index is 3.18. The van der Waals surface area contributed by atoms with E-state index in [2.05, 4.69) is 4.98 Å². The van der Waals surface area contributed by atoms with Crippen molar-refractivity contribution < 1.29 is 4.79 Å². The Bertz CT molecular complexity index is 236. The van der Waals surface area contributed by atoms with Crippen molar-refractivity contribution in [3.63, 3.8) is 0 Å². The molecule has 1 aromatic rings. The number of carbonyl (C=O) groups excluding carboxylic acids is 1. The van der Waals surface area contributed by atoms with E-state index in [4.69, 9.17) is 0 Å². The average molecular weight is 129 g/mol. The molecule has 0 unspecified atom stereocenters. The third kappa shape index (κ3) is 0.840. The highest BCUT2D eigenvalue weighted by Gasteiger charge is 1.89. The Morgan fingerprint density at radius 1 is 1.75 bits per heavy atom. The maximum absolute atomic E-state index is 10.3. The summed E-state index contributed by atoms with van der Waals surface area (Å²) in [6.45, 7) is 0. The quantitative estimate of drug-likeness (QED) is 0.552. The van der Waals surface area contributed by atoms with Crippen molar-refractivity contribution in [1.82, 2.24) is 4.98 Å². The predicted octanol–water partition coefficient (Wildman–Crippen LogP) is 0.249. The lowest BCUT2D eigenvalue weighted by Crippen LogP contribution is -1.93. The van der Waals surface area contributed by atoms with Crippen LogP contribution in [0.1, 0.15) is 10.5 Å². The van der Waals surface area contributed by atoms with Gasteiger partial charge in [-0.2, -0.15) is 0 Å². The number of carbonyl (C=O) groups is 1. The molecule has 0 aliphatic heterocycles. The third-order valence-electron chi connectivity index (χ3n) is 0.666. The number of thiazole rings is 1. The SMILES string of the molecule is O=Cc1csc(=O)[nH]1. The number of nitrogens with one attached hydrogen (secondary N) is 1. The zero-order chi connectivity index (χ0) is 5.98. The highest BCUT2D eigenvalue weighted by molar-refractivity contribution is 7.07. The summed E-state index contributed by atoms with van der Waals surface area (Å²) >= 11 is 0.987. The van der Waals surface area contributed by atoms with Gasteiger partial charge in [0.05, 0.1) is 5.69 Å². The number of aldehydes is 1. The topological polar surface area (TPSA) is 49.9 Å². The summed E-state index contributed by atoms with van der Waals surface area (Å²) in [4.78, 5) is 22.2. The third-order valence-corrected chi connectivity index (χ3v) is 1.35. The van der Waals surface area contributed by atoms with Crippen LogP contribution in [0.3, 0.4) is 0 Å². The minimum Gasteiger partial charge on any atom is -0.310 e. The molecule has 0 saturated heterocycles. The van der Waals surface area contributed by atoms with Crippen molar-refractivity contribution in [2.45, 2.75) is 0 Å². The zero-order valence-corrected chi connectivity index (χ0v) is 4.70. The van der Waals surface area contributed by atoms with Crippen LogP contribution in [0, 0.1) is 0 Å². The van der Waals surface area contributed by atoms with Gasteiger partial charge in [-0.1, -0.05) is 11.3 Å². The highest BCUT2D eigenvalue weighted by Crippen LogP contribution is 1.88. The van der Waals surface area contributed by atoms with Gasteiger partial charge in [-0.25, -0.2) is 0 Å². The molecule has 1 heterocycles. The van der Waals surface area contributed by atoms with Gasteiger partial charge < -0.3 is 4.98 Å². The van der Waals surface area contributed by atoms with Gasteiger partial charge >= 0.3 is 4.87 Å². The van der Waals surface area contributed by atoms with Gasteiger partial charge in [-0.3, -0.25) is 9.59 Å². The molecule has 0 radical (unpaired) electrons. The number of aromatic amines is 1. The molecule has 0 aromatic carbocycles. The fraction of sp³-hybridized carbons (Fsp3) is 0. The van der Waals surface area contributed by atoms with Crippen LogP contribution in [-0.4, -0.2) is 11.3 Å². The molecule has 0 aliphatic carbocycles. The van der Waals surface area contributed by atoms with Crippen LogP contribution < -0.4 is 4.87 Å². The Morgan fingerprint density at radius 3 is 2.75 bits per heavy atom. The van der Waals surface area contributed by atoms with Gasteiger partial charge in [0, 0.05) is 5.38 Å². The van der Waals surface area contributed by atoms with E-state index in [1.165, 1.54) is 5.38 Å². The summed E-state index contributed by atoms with van der Waals surface area (Å²) in [5.74, 6) is 0. The molecule has 8 heavy (non-hydrogen) atoms. The lowest BCUT2D eigenvalue weighted by molar-refractivity contribution is 0.111. The summed E-state index contributed by atoms with van der Waals surface area (Å²) in [5.41, 5.74) is 0.347. The Hall–Kier alpha value is -0.900. The molecule has 3 nitrogen and oxygen atoms in total. The first-order chi connectivity index (χ1) is 3.83. The van der Waals surface area contributed by atoms with Gasteiger partial charge in [0.15, 0.2) is 6.29 Å². The normalized spacial score (nSPS) is 9.00. The number of hydrogen-bond donors (Lipinski definition) is 1. The van der Waals surface area contributed by atoms with E-state index in [9.17, 15) is 9.59 Å². The van der Waals surface area contributed by atoms with Crippen molar-refractivity contribution >= 4 is 17.6 Å². The maximum atomic E-state index is 10.3. The second-order valence-electron chi connectivity index (χ2n) is 1.22. The molecule has 0 spiro atoms. The Morgan fingerprint density at radius 2 is 2.50 bits per heavy atom. The van der Waals surface area contributed by atoms with E-state index in [-0.39, 0.29) is 4.87 Å². The number of rotatable bonds is 1. The summed E-state index contributed by atoms with van der Waals surface area (Å²) in [6.07, 6.45) is 0.609. The zero-order valence-electron chi connectivity index (χ0n) is 3.88. The van der Waals surface area contributed by atoms with Crippen molar-refractivity contribution in [2.24, 2.45) is 0 Å². The van der Waals surface area contributed by atoms with Gasteiger partial charge in [0.25, 0.3) is 0 Å². The average Bonchev–Trinajstić information content (AvgIpc) is 2.14. The fourth-order valence-electron chi connectivity index (χ4n) is 0.351. The van der Waals surface area contributed by atoms with Crippen LogP contribution in [-0.2, 0) is 0 Å². The number of aromatic nitrogens is 1. The van der Waals surface area contributed by atoms with E-state index in [0.717, 1.165) is 11.3 Å². The number of hydrogen-bond acceptors (Lipinski definition) is 3. The first-order valence-electron chi connectivity index (χ1n) is 1.96. The lowest BCUT2D eigenvalue weighted by Gasteiger charge is -1.67. The van der Waals surface area contributed by atoms with Crippen LogP contribution >= 0.6 is 11.3 Å². The first-order valence-corrected chi connectivity index (χ1v) is 2.84. The van der Waals surface area contributed by atoms with Crippen LogP contribution in [0.25, 0.3) is 0 Å². The fourth-order valence-corrected chi connectivity index (χ4v) is 0.876. The summed E-state index contributed by atoms with van der Waals surface area (Å²) < 4.78 is 0. The van der Waals surface area contributed by atoms with Crippen LogP contribution in [0.4, 0.5) is 0 Å². The van der Waals surface area contributed by atoms with E-state index < -0.39 is 0 Å². The van der Waals surface area contributed by atoms with Crippen LogP contribution in [0.15, 0.2) is 10.2 Å². The van der Waals surface area contributed by atoms with Crippen molar-refractivity contribution in [3.8, 4) is 0 Å². The molecule has 0 atom stereocenters. The molecule has 0 aliphatic rings. The molecule has 1 rings (SSSR count). The minimum atomic E-state index is -0.188. The summed E-state index contributed by atoms with van der Waals surface area (Å²) in [5, 5.41) is 1.48. The second kappa shape index (κ2) is 1.92.